The standard InChI is InChI=1S/C17H23N5O2/c1-12-15(13(2)21-20-12)6-7-16(23)22-10-3-5-14(11-22)24-17-18-8-4-9-19-17/h4,8-9,14H,3,5-7,10-11H2,1-2H3,(H,20,21). The number of nitrogens with one attached hydrogen (secondary N) is 1. The smallest absolute Gasteiger partial charge is 0.316 e. The quantitative estimate of drug-likeness (QED) is 0.904. The van der Waals surface area contributed by atoms with Gasteiger partial charge in [-0.25, -0.2) is 9.97 Å². The van der Waals surface area contributed by atoms with Crippen molar-refractivity contribution < 1.29 is 9.53 Å². The van der Waals surface area contributed by atoms with Gasteiger partial charge in [0.15, 0.2) is 0 Å². The zero-order chi connectivity index (χ0) is 16.9. The summed E-state index contributed by atoms with van der Waals surface area (Å²) < 4.78 is 5.79. The minimum atomic E-state index is -0.0394. The minimum absolute atomic E-state index is 0.0394. The van der Waals surface area contributed by atoms with Crippen LogP contribution in [-0.4, -0.2) is 50.2 Å². The number of nitrogens with zero attached hydrogens (tertiary/aromatic N) is 4. The fourth-order valence-electron chi connectivity index (χ4n) is 3.09. The molecule has 24 heavy (non-hydrogen) atoms. The van der Waals surface area contributed by atoms with Crippen LogP contribution in [-0.2, 0) is 11.2 Å². The van der Waals surface area contributed by atoms with Crippen molar-refractivity contribution in [3.63, 3.8) is 0 Å². The van der Waals surface area contributed by atoms with Crippen LogP contribution in [0, 0.1) is 13.8 Å². The molecule has 1 atom stereocenters. The summed E-state index contributed by atoms with van der Waals surface area (Å²) in [5.74, 6) is 0.164. The molecule has 3 heterocycles. The summed E-state index contributed by atoms with van der Waals surface area (Å²) in [4.78, 5) is 22.6. The monoisotopic (exact) mass is 329 g/mol. The molecule has 0 radical (unpaired) electrons. The summed E-state index contributed by atoms with van der Waals surface area (Å²) >= 11 is 0. The summed E-state index contributed by atoms with van der Waals surface area (Å²) in [6.07, 6.45) is 6.34. The Kier molecular flexibility index (Phi) is 5.08. The number of hydrogen-bond acceptors (Lipinski definition) is 5. The molecule has 1 aliphatic rings. The van der Waals surface area contributed by atoms with Crippen molar-refractivity contribution in [3.05, 3.63) is 35.4 Å². The van der Waals surface area contributed by atoms with Gasteiger partial charge < -0.3 is 9.64 Å². The maximum atomic E-state index is 12.5. The van der Waals surface area contributed by atoms with Gasteiger partial charge in [-0.1, -0.05) is 0 Å². The molecule has 2 aromatic rings. The van der Waals surface area contributed by atoms with E-state index in [9.17, 15) is 4.79 Å². The highest BCUT2D eigenvalue weighted by Crippen LogP contribution is 2.17. The highest BCUT2D eigenvalue weighted by Gasteiger charge is 2.25. The lowest BCUT2D eigenvalue weighted by molar-refractivity contribution is -0.133. The van der Waals surface area contributed by atoms with Crippen LogP contribution in [0.15, 0.2) is 18.5 Å². The van der Waals surface area contributed by atoms with Crippen molar-refractivity contribution in [2.24, 2.45) is 0 Å². The zero-order valence-electron chi connectivity index (χ0n) is 14.2. The highest BCUT2D eigenvalue weighted by molar-refractivity contribution is 5.76. The van der Waals surface area contributed by atoms with E-state index in [1.54, 1.807) is 18.5 Å². The van der Waals surface area contributed by atoms with Crippen LogP contribution in [0.4, 0.5) is 0 Å². The Morgan fingerprint density at radius 2 is 2.17 bits per heavy atom. The molecule has 128 valence electrons. The summed E-state index contributed by atoms with van der Waals surface area (Å²) in [5, 5.41) is 7.15. The molecule has 0 spiro atoms. The number of aromatic amines is 1. The van der Waals surface area contributed by atoms with E-state index in [0.29, 0.717) is 19.0 Å². The van der Waals surface area contributed by atoms with Gasteiger partial charge in [0.1, 0.15) is 6.10 Å². The van der Waals surface area contributed by atoms with Crippen LogP contribution in [0.3, 0.4) is 0 Å². The molecule has 2 aromatic heterocycles. The van der Waals surface area contributed by atoms with Gasteiger partial charge in [-0.2, -0.15) is 5.10 Å². The van der Waals surface area contributed by atoms with E-state index in [1.807, 2.05) is 18.7 Å². The molecule has 1 unspecified atom stereocenters. The van der Waals surface area contributed by atoms with Crippen molar-refractivity contribution in [1.29, 1.82) is 0 Å². The second kappa shape index (κ2) is 7.42. The van der Waals surface area contributed by atoms with Crippen LogP contribution in [0.2, 0.25) is 0 Å². The normalized spacial score (nSPS) is 17.8. The number of hydrogen-bond donors (Lipinski definition) is 1. The molecule has 0 aliphatic carbocycles. The number of aryl methyl sites for hydroxylation is 2. The number of carbonyl (C=O) groups excluding carboxylic acids is 1. The Labute approximate surface area is 141 Å². The molecule has 1 N–H and O–H groups in total. The van der Waals surface area contributed by atoms with E-state index in [0.717, 1.165) is 42.8 Å². The van der Waals surface area contributed by atoms with Crippen molar-refractivity contribution in [2.75, 3.05) is 13.1 Å². The second-order valence-corrected chi connectivity index (χ2v) is 6.17. The van der Waals surface area contributed by atoms with Gasteiger partial charge in [0, 0.05) is 31.1 Å². The number of likely N-dealkylation sites (tertiary alicyclic amines) is 1. The summed E-state index contributed by atoms with van der Waals surface area (Å²) in [5.41, 5.74) is 3.16. The first-order valence-electron chi connectivity index (χ1n) is 8.35. The number of piperidine rings is 1. The fourth-order valence-corrected chi connectivity index (χ4v) is 3.09. The lowest BCUT2D eigenvalue weighted by Crippen LogP contribution is -2.44. The largest absolute Gasteiger partial charge is 0.458 e. The first-order valence-corrected chi connectivity index (χ1v) is 8.35. The van der Waals surface area contributed by atoms with Gasteiger partial charge in [0.2, 0.25) is 5.91 Å². The minimum Gasteiger partial charge on any atom is -0.458 e. The average Bonchev–Trinajstić information content (AvgIpc) is 2.92. The van der Waals surface area contributed by atoms with Gasteiger partial charge in [-0.05, 0) is 44.7 Å². The summed E-state index contributed by atoms with van der Waals surface area (Å²) in [6.45, 7) is 5.34. The van der Waals surface area contributed by atoms with Crippen molar-refractivity contribution in [2.45, 2.75) is 45.6 Å². The van der Waals surface area contributed by atoms with Crippen molar-refractivity contribution in [1.82, 2.24) is 25.1 Å². The maximum Gasteiger partial charge on any atom is 0.316 e. The Morgan fingerprint density at radius 3 is 2.88 bits per heavy atom. The highest BCUT2D eigenvalue weighted by atomic mass is 16.5. The van der Waals surface area contributed by atoms with Crippen LogP contribution in [0.5, 0.6) is 6.01 Å². The van der Waals surface area contributed by atoms with E-state index in [1.165, 1.54) is 0 Å². The molecular weight excluding hydrogens is 306 g/mol. The molecule has 7 nitrogen and oxygen atoms in total. The Hall–Kier alpha value is -2.44. The first kappa shape index (κ1) is 16.4. The third kappa shape index (κ3) is 3.90. The third-order valence-corrected chi connectivity index (χ3v) is 4.41. The van der Waals surface area contributed by atoms with Crippen LogP contribution < -0.4 is 4.74 Å². The van der Waals surface area contributed by atoms with E-state index in [-0.39, 0.29) is 12.0 Å². The molecule has 0 saturated carbocycles. The van der Waals surface area contributed by atoms with Crippen LogP contribution in [0.25, 0.3) is 0 Å². The van der Waals surface area contributed by atoms with E-state index in [2.05, 4.69) is 20.2 Å². The van der Waals surface area contributed by atoms with Crippen LogP contribution >= 0.6 is 0 Å². The molecule has 1 saturated heterocycles. The Balaban J connectivity index is 1.53. The van der Waals surface area contributed by atoms with E-state index < -0.39 is 0 Å². The molecule has 0 aromatic carbocycles. The topological polar surface area (TPSA) is 84.0 Å². The Bertz CT molecular complexity index is 666. The lowest BCUT2D eigenvalue weighted by Gasteiger charge is -2.32. The molecule has 3 rings (SSSR count). The number of carbonyl (C=O) groups is 1. The van der Waals surface area contributed by atoms with Gasteiger partial charge in [0.25, 0.3) is 0 Å². The summed E-state index contributed by atoms with van der Waals surface area (Å²) in [6, 6.07) is 2.13. The van der Waals surface area contributed by atoms with E-state index >= 15 is 0 Å². The number of aromatic nitrogens is 4. The lowest BCUT2D eigenvalue weighted by atomic mass is 10.0. The van der Waals surface area contributed by atoms with Gasteiger partial charge in [0.05, 0.1) is 12.2 Å². The molecule has 7 heteroatoms. The van der Waals surface area contributed by atoms with E-state index in [4.69, 9.17) is 4.74 Å². The molecular formula is C17H23N5O2. The predicted octanol–water partition coefficient (Wildman–Crippen LogP) is 1.82. The van der Waals surface area contributed by atoms with Crippen molar-refractivity contribution >= 4 is 5.91 Å². The molecule has 1 aliphatic heterocycles. The number of H-pyrrole nitrogens is 1. The number of rotatable bonds is 5. The van der Waals surface area contributed by atoms with Crippen molar-refractivity contribution in [3.8, 4) is 6.01 Å². The van der Waals surface area contributed by atoms with Gasteiger partial charge in [-0.3, -0.25) is 9.89 Å². The molecule has 0 bridgehead atoms. The van der Waals surface area contributed by atoms with Gasteiger partial charge >= 0.3 is 6.01 Å². The second-order valence-electron chi connectivity index (χ2n) is 6.17. The maximum absolute atomic E-state index is 12.5. The molecule has 1 amide bonds. The fraction of sp³-hybridized carbons (Fsp3) is 0.529. The first-order chi connectivity index (χ1) is 11.6. The van der Waals surface area contributed by atoms with Gasteiger partial charge in [-0.15, -0.1) is 0 Å². The zero-order valence-corrected chi connectivity index (χ0v) is 14.2. The SMILES string of the molecule is Cc1n[nH]c(C)c1CCC(=O)N1CCCC(Oc2ncccn2)C1. The molecule has 1 fully saturated rings. The third-order valence-electron chi connectivity index (χ3n) is 4.41. The van der Waals surface area contributed by atoms with Crippen LogP contribution in [0.1, 0.15) is 36.2 Å². The Morgan fingerprint density at radius 1 is 1.38 bits per heavy atom. The summed E-state index contributed by atoms with van der Waals surface area (Å²) in [7, 11) is 0. The number of amides is 1. The number of ether oxygens (including phenoxy) is 1. The predicted molar refractivity (Wildman–Crippen MR) is 88.6 cm³/mol. The average molecular weight is 329 g/mol.